The molecule has 0 unspecified atom stereocenters. The van der Waals surface area contributed by atoms with Crippen LogP contribution in [0.4, 0.5) is 18.9 Å². The summed E-state index contributed by atoms with van der Waals surface area (Å²) in [5.74, 6) is 0. The number of pyridine rings is 1. The summed E-state index contributed by atoms with van der Waals surface area (Å²) in [6.07, 6.45) is -1.11. The van der Waals surface area contributed by atoms with Crippen molar-refractivity contribution in [2.24, 2.45) is 0 Å². The third-order valence-electron chi connectivity index (χ3n) is 3.31. The summed E-state index contributed by atoms with van der Waals surface area (Å²) in [7, 11) is 1.88. The minimum absolute atomic E-state index is 0.332. The van der Waals surface area contributed by atoms with Gasteiger partial charge in [0, 0.05) is 35.9 Å². The fourth-order valence-electron chi connectivity index (χ4n) is 2.26. The van der Waals surface area contributed by atoms with E-state index in [1.54, 1.807) is 12.3 Å². The number of thiazole rings is 1. The zero-order valence-corrected chi connectivity index (χ0v) is 12.4. The van der Waals surface area contributed by atoms with Crippen LogP contribution in [-0.4, -0.2) is 17.0 Å². The van der Waals surface area contributed by atoms with Crippen molar-refractivity contribution in [3.05, 3.63) is 52.6 Å². The van der Waals surface area contributed by atoms with Crippen molar-refractivity contribution < 1.29 is 13.2 Å². The summed E-state index contributed by atoms with van der Waals surface area (Å²) in [4.78, 5) is 10.2. The van der Waals surface area contributed by atoms with Crippen LogP contribution in [-0.2, 0) is 12.7 Å². The molecule has 0 aliphatic carbocycles. The van der Waals surface area contributed by atoms with Crippen molar-refractivity contribution in [1.29, 1.82) is 0 Å². The monoisotopic (exact) mass is 323 g/mol. The van der Waals surface area contributed by atoms with E-state index in [2.05, 4.69) is 9.97 Å². The van der Waals surface area contributed by atoms with Gasteiger partial charge in [0.2, 0.25) is 0 Å². The number of benzene rings is 1. The second-order valence-corrected chi connectivity index (χ2v) is 5.82. The Morgan fingerprint density at radius 2 is 1.95 bits per heavy atom. The summed E-state index contributed by atoms with van der Waals surface area (Å²) in [6, 6.07) is 5.43. The van der Waals surface area contributed by atoms with Crippen LogP contribution in [0.2, 0.25) is 0 Å². The van der Waals surface area contributed by atoms with Gasteiger partial charge in [0.15, 0.2) is 0 Å². The molecule has 22 heavy (non-hydrogen) atoms. The van der Waals surface area contributed by atoms with Crippen LogP contribution < -0.4 is 4.90 Å². The van der Waals surface area contributed by atoms with Crippen LogP contribution in [0.3, 0.4) is 0 Å². The third-order valence-corrected chi connectivity index (χ3v) is 4.08. The summed E-state index contributed by atoms with van der Waals surface area (Å²) in [5.41, 5.74) is 0.472. The molecule has 3 rings (SSSR count). The largest absolute Gasteiger partial charge is 0.416 e. The molecule has 0 aliphatic heterocycles. The van der Waals surface area contributed by atoms with E-state index >= 15 is 0 Å². The van der Waals surface area contributed by atoms with Gasteiger partial charge in [-0.05, 0) is 18.2 Å². The second-order valence-electron chi connectivity index (χ2n) is 4.84. The summed E-state index contributed by atoms with van der Waals surface area (Å²) in [5, 5.41) is 3.53. The highest BCUT2D eigenvalue weighted by atomic mass is 32.1. The number of anilines is 1. The van der Waals surface area contributed by atoms with Gasteiger partial charge in [-0.2, -0.15) is 13.2 Å². The van der Waals surface area contributed by atoms with Gasteiger partial charge in [0.1, 0.15) is 5.01 Å². The van der Waals surface area contributed by atoms with Gasteiger partial charge in [0.05, 0.1) is 17.6 Å². The fourth-order valence-corrected chi connectivity index (χ4v) is 2.93. The Hall–Kier alpha value is -2.15. The van der Waals surface area contributed by atoms with Crippen LogP contribution in [0.5, 0.6) is 0 Å². The Kier molecular flexibility index (Phi) is 3.74. The average Bonchev–Trinajstić information content (AvgIpc) is 2.98. The molecule has 0 atom stereocenters. The van der Waals surface area contributed by atoms with Crippen LogP contribution in [0.1, 0.15) is 10.6 Å². The van der Waals surface area contributed by atoms with E-state index in [9.17, 15) is 13.2 Å². The molecule has 1 aromatic carbocycles. The zero-order valence-electron chi connectivity index (χ0n) is 11.6. The van der Waals surface area contributed by atoms with E-state index in [4.69, 9.17) is 0 Å². The van der Waals surface area contributed by atoms with Crippen molar-refractivity contribution >= 4 is 27.9 Å². The quantitative estimate of drug-likeness (QED) is 0.718. The first-order valence-corrected chi connectivity index (χ1v) is 7.38. The maximum absolute atomic E-state index is 12.8. The minimum Gasteiger partial charge on any atom is -0.367 e. The first-order chi connectivity index (χ1) is 10.4. The van der Waals surface area contributed by atoms with E-state index in [-0.39, 0.29) is 0 Å². The molecular formula is C15H12F3N3S. The highest BCUT2D eigenvalue weighted by molar-refractivity contribution is 7.09. The predicted molar refractivity (Wildman–Crippen MR) is 81.0 cm³/mol. The van der Waals surface area contributed by atoms with Crippen molar-refractivity contribution in [3.63, 3.8) is 0 Å². The van der Waals surface area contributed by atoms with Gasteiger partial charge in [-0.25, -0.2) is 4.98 Å². The number of hydrogen-bond acceptors (Lipinski definition) is 4. The highest BCUT2D eigenvalue weighted by Gasteiger charge is 2.30. The van der Waals surface area contributed by atoms with Gasteiger partial charge in [-0.15, -0.1) is 11.3 Å². The Morgan fingerprint density at radius 3 is 2.64 bits per heavy atom. The molecule has 114 valence electrons. The minimum atomic E-state index is -4.36. The zero-order chi connectivity index (χ0) is 15.7. The van der Waals surface area contributed by atoms with Crippen molar-refractivity contribution in [3.8, 4) is 0 Å². The Morgan fingerprint density at radius 1 is 1.14 bits per heavy atom. The van der Waals surface area contributed by atoms with Crippen molar-refractivity contribution in [2.45, 2.75) is 12.7 Å². The molecule has 0 spiro atoms. The third kappa shape index (κ3) is 2.89. The molecule has 0 aliphatic rings. The Balaban J connectivity index is 2.00. The molecule has 7 heteroatoms. The van der Waals surface area contributed by atoms with E-state index in [0.717, 1.165) is 22.8 Å². The molecule has 3 nitrogen and oxygen atoms in total. The molecule has 0 fully saturated rings. The first-order valence-electron chi connectivity index (χ1n) is 6.50. The lowest BCUT2D eigenvalue weighted by Gasteiger charge is -2.20. The number of halogens is 3. The molecule has 3 aromatic rings. The summed E-state index contributed by atoms with van der Waals surface area (Å²) < 4.78 is 38.3. The molecule has 0 saturated carbocycles. The number of rotatable bonds is 3. The molecule has 2 aromatic heterocycles. The molecule has 0 radical (unpaired) electrons. The van der Waals surface area contributed by atoms with Crippen LogP contribution in [0, 0.1) is 0 Å². The molecule has 0 bridgehead atoms. The molecule has 2 heterocycles. The number of hydrogen-bond donors (Lipinski definition) is 0. The topological polar surface area (TPSA) is 29.0 Å². The molecule has 0 N–H and O–H groups in total. The Bertz CT molecular complexity index is 784. The fraction of sp³-hybridized carbons (Fsp3) is 0.200. The summed E-state index contributed by atoms with van der Waals surface area (Å²) >= 11 is 1.54. The van der Waals surface area contributed by atoms with Crippen molar-refractivity contribution in [2.75, 3.05) is 11.9 Å². The smallest absolute Gasteiger partial charge is 0.367 e. The molecular weight excluding hydrogens is 311 g/mol. The number of nitrogens with zero attached hydrogens (tertiary/aromatic N) is 3. The predicted octanol–water partition coefficient (Wildman–Crippen LogP) is 4.35. The van der Waals surface area contributed by atoms with E-state index < -0.39 is 11.7 Å². The lowest BCUT2D eigenvalue weighted by Crippen LogP contribution is -2.16. The van der Waals surface area contributed by atoms with Gasteiger partial charge in [-0.3, -0.25) is 4.98 Å². The first kappa shape index (κ1) is 14.8. The summed E-state index contributed by atoms with van der Waals surface area (Å²) in [6.45, 7) is 0.595. The van der Waals surface area contributed by atoms with Gasteiger partial charge >= 0.3 is 6.18 Å². The van der Waals surface area contributed by atoms with Crippen LogP contribution >= 0.6 is 11.3 Å². The second kappa shape index (κ2) is 5.57. The lowest BCUT2D eigenvalue weighted by molar-refractivity contribution is -0.137. The van der Waals surface area contributed by atoms with E-state index in [1.807, 2.05) is 17.3 Å². The highest BCUT2D eigenvalue weighted by Crippen LogP contribution is 2.33. The number of fused-ring (bicyclic) bond motifs is 1. The van der Waals surface area contributed by atoms with Crippen LogP contribution in [0.15, 0.2) is 42.0 Å². The van der Waals surface area contributed by atoms with E-state index in [1.165, 1.54) is 23.6 Å². The average molecular weight is 323 g/mol. The maximum Gasteiger partial charge on any atom is 0.416 e. The van der Waals surface area contributed by atoms with E-state index in [0.29, 0.717) is 17.4 Å². The maximum atomic E-state index is 12.8. The van der Waals surface area contributed by atoms with Crippen LogP contribution in [0.25, 0.3) is 10.9 Å². The van der Waals surface area contributed by atoms with Gasteiger partial charge in [-0.1, -0.05) is 6.07 Å². The van der Waals surface area contributed by atoms with Gasteiger partial charge < -0.3 is 4.90 Å². The number of aromatic nitrogens is 2. The normalized spacial score (nSPS) is 11.8. The lowest BCUT2D eigenvalue weighted by atomic mass is 10.1. The molecule has 0 saturated heterocycles. The Labute approximate surface area is 129 Å². The number of alkyl halides is 3. The van der Waals surface area contributed by atoms with Gasteiger partial charge in [0.25, 0.3) is 0 Å². The molecule has 0 amide bonds. The standard InChI is InChI=1S/C15H12F3N3S/c1-21(9-14-20-6-7-22-14)13-4-5-19-12-8-10(15(16,17)18)2-3-11(12)13/h2-8H,9H2,1H3. The SMILES string of the molecule is CN(Cc1nccs1)c1ccnc2cc(C(F)(F)F)ccc12. The van der Waals surface area contributed by atoms with Crippen molar-refractivity contribution in [1.82, 2.24) is 9.97 Å².